The van der Waals surface area contributed by atoms with E-state index in [1.165, 1.54) is 0 Å². The highest BCUT2D eigenvalue weighted by Gasteiger charge is 2.37. The van der Waals surface area contributed by atoms with Crippen molar-refractivity contribution in [1.29, 1.82) is 0 Å². The van der Waals surface area contributed by atoms with Crippen LogP contribution < -0.4 is 5.32 Å². The van der Waals surface area contributed by atoms with Gasteiger partial charge in [0.05, 0.1) is 0 Å². The summed E-state index contributed by atoms with van der Waals surface area (Å²) >= 11 is 0. The van der Waals surface area contributed by atoms with Crippen molar-refractivity contribution < 1.29 is 9.59 Å². The zero-order chi connectivity index (χ0) is 13.6. The molecule has 0 aliphatic carbocycles. The molecule has 1 aromatic heterocycles. The van der Waals surface area contributed by atoms with Gasteiger partial charge in [0.1, 0.15) is 11.7 Å². The van der Waals surface area contributed by atoms with Crippen LogP contribution in [-0.4, -0.2) is 26.6 Å². The van der Waals surface area contributed by atoms with Crippen LogP contribution in [0.15, 0.2) is 24.3 Å². The maximum absolute atomic E-state index is 12.3. The number of carbonyl (C=O) groups excluding carboxylic acids is 2. The highest BCUT2D eigenvalue weighted by Crippen LogP contribution is 2.25. The minimum atomic E-state index is -0.866. The number of fused-ring (bicyclic) bond motifs is 1. The van der Waals surface area contributed by atoms with Crippen molar-refractivity contribution >= 4 is 17.8 Å². The van der Waals surface area contributed by atoms with Gasteiger partial charge >= 0.3 is 0 Å². The molecular weight excluding hydrogens is 244 g/mol. The molecule has 1 unspecified atom stereocenters. The van der Waals surface area contributed by atoms with Gasteiger partial charge in [0.25, 0.3) is 5.91 Å². The lowest BCUT2D eigenvalue weighted by atomic mass is 9.95. The number of hydrogen-bond acceptors (Lipinski definition) is 4. The number of carbonyl (C=O) groups is 2. The van der Waals surface area contributed by atoms with Crippen LogP contribution in [0.4, 0.5) is 5.95 Å². The molecular formula is C13H12N4O2. The zero-order valence-corrected chi connectivity index (χ0v) is 10.5. The van der Waals surface area contributed by atoms with Gasteiger partial charge in [-0.05, 0) is 19.4 Å². The number of anilines is 1. The first kappa shape index (κ1) is 11.6. The summed E-state index contributed by atoms with van der Waals surface area (Å²) in [6.07, 6.45) is 0. The zero-order valence-electron chi connectivity index (χ0n) is 10.5. The number of amides is 1. The first-order valence-corrected chi connectivity index (χ1v) is 5.91. The predicted octanol–water partition coefficient (Wildman–Crippen LogP) is 1.27. The Kier molecular flexibility index (Phi) is 2.45. The summed E-state index contributed by atoms with van der Waals surface area (Å²) in [6, 6.07) is 7.31. The average molecular weight is 256 g/mol. The summed E-state index contributed by atoms with van der Waals surface area (Å²) in [5, 5.41) is 6.61. The van der Waals surface area contributed by atoms with Crippen molar-refractivity contribution in [1.82, 2.24) is 14.8 Å². The molecule has 1 aliphatic rings. The lowest BCUT2D eigenvalue weighted by Gasteiger charge is -2.20. The Hall–Kier alpha value is -2.50. The van der Waals surface area contributed by atoms with Gasteiger partial charge in [0.2, 0.25) is 11.9 Å². The predicted molar refractivity (Wildman–Crippen MR) is 67.9 cm³/mol. The molecule has 1 aromatic carbocycles. The summed E-state index contributed by atoms with van der Waals surface area (Å²) in [7, 11) is 0. The fourth-order valence-corrected chi connectivity index (χ4v) is 2.12. The van der Waals surface area contributed by atoms with E-state index >= 15 is 0 Å². The van der Waals surface area contributed by atoms with E-state index in [1.807, 2.05) is 19.1 Å². The highest BCUT2D eigenvalue weighted by molar-refractivity contribution is 6.14. The molecule has 2 aromatic rings. The minimum Gasteiger partial charge on any atom is -0.293 e. The topological polar surface area (TPSA) is 76.9 Å². The SMILES string of the molecule is Cc1ccc(C2C(=O)Nc3nc(C)nn3C2=O)cc1. The van der Waals surface area contributed by atoms with E-state index in [9.17, 15) is 9.59 Å². The third kappa shape index (κ3) is 1.81. The number of nitrogens with one attached hydrogen (secondary N) is 1. The summed E-state index contributed by atoms with van der Waals surface area (Å²) in [6.45, 7) is 3.62. The molecule has 1 N–H and O–H groups in total. The third-order valence-electron chi connectivity index (χ3n) is 3.08. The highest BCUT2D eigenvalue weighted by atomic mass is 16.2. The Morgan fingerprint density at radius 2 is 1.84 bits per heavy atom. The van der Waals surface area contributed by atoms with Crippen molar-refractivity contribution in [3.05, 3.63) is 41.2 Å². The quantitative estimate of drug-likeness (QED) is 0.779. The van der Waals surface area contributed by atoms with Crippen LogP contribution in [-0.2, 0) is 4.79 Å². The van der Waals surface area contributed by atoms with Crippen LogP contribution in [0.2, 0.25) is 0 Å². The molecule has 0 spiro atoms. The Labute approximate surface area is 109 Å². The molecule has 0 saturated carbocycles. The van der Waals surface area contributed by atoms with Gasteiger partial charge in [-0.2, -0.15) is 9.67 Å². The van der Waals surface area contributed by atoms with Crippen molar-refractivity contribution in [2.45, 2.75) is 19.8 Å². The maximum Gasteiger partial charge on any atom is 0.267 e. The van der Waals surface area contributed by atoms with Gasteiger partial charge in [-0.3, -0.25) is 14.9 Å². The summed E-state index contributed by atoms with van der Waals surface area (Å²) < 4.78 is 1.15. The molecule has 0 saturated heterocycles. The molecule has 2 heterocycles. The molecule has 6 nitrogen and oxygen atoms in total. The number of aromatic nitrogens is 3. The number of rotatable bonds is 1. The summed E-state index contributed by atoms with van der Waals surface area (Å²) in [4.78, 5) is 28.4. The van der Waals surface area contributed by atoms with Gasteiger partial charge in [-0.1, -0.05) is 29.8 Å². The van der Waals surface area contributed by atoms with E-state index < -0.39 is 5.92 Å². The molecule has 0 radical (unpaired) electrons. The summed E-state index contributed by atoms with van der Waals surface area (Å²) in [5.41, 5.74) is 1.73. The van der Waals surface area contributed by atoms with E-state index in [1.54, 1.807) is 19.1 Å². The molecule has 6 heteroatoms. The van der Waals surface area contributed by atoms with Crippen molar-refractivity contribution in [2.75, 3.05) is 5.32 Å². The molecule has 0 bridgehead atoms. The van der Waals surface area contributed by atoms with Crippen molar-refractivity contribution in [3.63, 3.8) is 0 Å². The average Bonchev–Trinajstić information content (AvgIpc) is 2.72. The first-order chi connectivity index (χ1) is 9.06. The van der Waals surface area contributed by atoms with E-state index in [2.05, 4.69) is 15.4 Å². The van der Waals surface area contributed by atoms with Gasteiger partial charge in [-0.25, -0.2) is 0 Å². The lowest BCUT2D eigenvalue weighted by Crippen LogP contribution is -2.38. The lowest BCUT2D eigenvalue weighted by molar-refractivity contribution is -0.117. The number of benzene rings is 1. The minimum absolute atomic E-state index is 0.191. The van der Waals surface area contributed by atoms with E-state index in [0.29, 0.717) is 11.4 Å². The molecule has 1 atom stereocenters. The Balaban J connectivity index is 2.06. The molecule has 1 aliphatic heterocycles. The standard InChI is InChI=1S/C13H12N4O2/c1-7-3-5-9(6-4-7)10-11(18)15-13-14-8(2)16-17(13)12(10)19/h3-6,10H,1-2H3,(H,14,15,16,18). The maximum atomic E-state index is 12.3. The monoisotopic (exact) mass is 256 g/mol. The van der Waals surface area contributed by atoms with Crippen LogP contribution in [0.5, 0.6) is 0 Å². The van der Waals surface area contributed by atoms with E-state index in [0.717, 1.165) is 10.2 Å². The van der Waals surface area contributed by atoms with Crippen LogP contribution in [0.1, 0.15) is 27.7 Å². The molecule has 96 valence electrons. The number of hydrogen-bond donors (Lipinski definition) is 1. The smallest absolute Gasteiger partial charge is 0.267 e. The van der Waals surface area contributed by atoms with Crippen LogP contribution in [0, 0.1) is 13.8 Å². The van der Waals surface area contributed by atoms with E-state index in [-0.39, 0.29) is 17.8 Å². The van der Waals surface area contributed by atoms with Crippen LogP contribution in [0.3, 0.4) is 0 Å². The van der Waals surface area contributed by atoms with E-state index in [4.69, 9.17) is 0 Å². The molecule has 3 rings (SSSR count). The molecule has 1 amide bonds. The van der Waals surface area contributed by atoms with Gasteiger partial charge in [0, 0.05) is 0 Å². The largest absolute Gasteiger partial charge is 0.293 e. The van der Waals surface area contributed by atoms with Gasteiger partial charge in [-0.15, -0.1) is 5.10 Å². The fourth-order valence-electron chi connectivity index (χ4n) is 2.12. The molecule has 19 heavy (non-hydrogen) atoms. The number of nitrogens with zero attached hydrogens (tertiary/aromatic N) is 3. The van der Waals surface area contributed by atoms with Gasteiger partial charge < -0.3 is 0 Å². The van der Waals surface area contributed by atoms with Crippen molar-refractivity contribution in [3.8, 4) is 0 Å². The first-order valence-electron chi connectivity index (χ1n) is 5.91. The third-order valence-corrected chi connectivity index (χ3v) is 3.08. The molecule has 0 fully saturated rings. The Bertz CT molecular complexity index is 672. The van der Waals surface area contributed by atoms with Crippen molar-refractivity contribution in [2.24, 2.45) is 0 Å². The van der Waals surface area contributed by atoms with Crippen LogP contribution >= 0.6 is 0 Å². The summed E-state index contributed by atoms with van der Waals surface area (Å²) in [5.74, 6) is -0.963. The van der Waals surface area contributed by atoms with Crippen LogP contribution in [0.25, 0.3) is 0 Å². The van der Waals surface area contributed by atoms with Gasteiger partial charge in [0.15, 0.2) is 0 Å². The second-order valence-electron chi connectivity index (χ2n) is 4.57. The number of aryl methyl sites for hydroxylation is 2. The normalized spacial score (nSPS) is 18.1. The Morgan fingerprint density at radius 1 is 1.16 bits per heavy atom. The Morgan fingerprint density at radius 3 is 2.53 bits per heavy atom. The second kappa shape index (κ2) is 4.01. The fraction of sp³-hybridized carbons (Fsp3) is 0.231. The second-order valence-corrected chi connectivity index (χ2v) is 4.57.